The minimum Gasteiger partial charge on any atom is -0.444 e. The molecule has 0 aliphatic heterocycles. The summed E-state index contributed by atoms with van der Waals surface area (Å²) in [5.41, 5.74) is 3.10. The number of hydrogen-bond acceptors (Lipinski definition) is 5. The van der Waals surface area contributed by atoms with Crippen molar-refractivity contribution in [2.24, 2.45) is 5.41 Å². The predicted octanol–water partition coefficient (Wildman–Crippen LogP) is 6.12. The molecule has 0 fully saturated rings. The number of fused-ring (bicyclic) bond motifs is 1. The topological polar surface area (TPSA) is 82.5 Å². The summed E-state index contributed by atoms with van der Waals surface area (Å²) in [5, 5.41) is 3.81. The van der Waals surface area contributed by atoms with Gasteiger partial charge < -0.3 is 14.9 Å². The largest absolute Gasteiger partial charge is 0.444 e. The fourth-order valence-corrected chi connectivity index (χ4v) is 5.15. The third kappa shape index (κ3) is 6.92. The Hall–Kier alpha value is -4.65. The van der Waals surface area contributed by atoms with Gasteiger partial charge in [-0.05, 0) is 68.0 Å². The standard InChI is InChI=1S/C34H35N3O4/c1-33(2,3)41-32(39)36-24-34(18-10-16-27(21-34)26-14-8-5-9-15-26)22-28-20-30(38)37(31-29(28)17-11-19-35-31)40-23-25-12-6-4-7-13-25/h4-20H,21-24H2,1-3H3,(H,36,39). The Morgan fingerprint density at radius 2 is 1.76 bits per heavy atom. The number of hydrogen-bond donors (Lipinski definition) is 1. The van der Waals surface area contributed by atoms with Gasteiger partial charge in [-0.2, -0.15) is 0 Å². The lowest BCUT2D eigenvalue weighted by molar-refractivity contribution is 0.0509. The van der Waals surface area contributed by atoms with Gasteiger partial charge in [0.1, 0.15) is 12.2 Å². The number of alkyl carbamates (subject to hydrolysis) is 1. The molecular formula is C34H35N3O4. The summed E-state index contributed by atoms with van der Waals surface area (Å²) in [7, 11) is 0. The number of amides is 1. The van der Waals surface area contributed by atoms with Gasteiger partial charge in [0, 0.05) is 29.6 Å². The van der Waals surface area contributed by atoms with Crippen LogP contribution in [0.2, 0.25) is 0 Å². The Kier molecular flexibility index (Phi) is 8.06. The zero-order valence-electron chi connectivity index (χ0n) is 23.7. The lowest BCUT2D eigenvalue weighted by Crippen LogP contribution is -2.41. The molecule has 1 unspecified atom stereocenters. The average Bonchev–Trinajstić information content (AvgIpc) is 2.96. The van der Waals surface area contributed by atoms with Gasteiger partial charge in [0.05, 0.1) is 0 Å². The lowest BCUT2D eigenvalue weighted by Gasteiger charge is -2.35. The maximum Gasteiger partial charge on any atom is 0.407 e. The number of benzene rings is 2. The molecule has 1 aliphatic carbocycles. The molecule has 41 heavy (non-hydrogen) atoms. The predicted molar refractivity (Wildman–Crippen MR) is 161 cm³/mol. The molecular weight excluding hydrogens is 514 g/mol. The molecule has 7 nitrogen and oxygen atoms in total. The number of pyridine rings is 2. The van der Waals surface area contributed by atoms with Gasteiger partial charge >= 0.3 is 6.09 Å². The first-order chi connectivity index (χ1) is 19.7. The highest BCUT2D eigenvalue weighted by atomic mass is 16.7. The second kappa shape index (κ2) is 11.8. The van der Waals surface area contributed by atoms with E-state index in [1.54, 1.807) is 12.3 Å². The van der Waals surface area contributed by atoms with Crippen LogP contribution in [0.15, 0.2) is 108 Å². The number of carbonyl (C=O) groups excluding carboxylic acids is 1. The maximum absolute atomic E-state index is 13.4. The molecule has 0 saturated heterocycles. The summed E-state index contributed by atoms with van der Waals surface area (Å²) < 4.78 is 6.80. The molecule has 2 heterocycles. The van der Waals surface area contributed by atoms with Crippen LogP contribution in [-0.2, 0) is 17.8 Å². The van der Waals surface area contributed by atoms with Gasteiger partial charge in [0.2, 0.25) is 0 Å². The van der Waals surface area contributed by atoms with Gasteiger partial charge in [-0.3, -0.25) is 4.79 Å². The van der Waals surface area contributed by atoms with Crippen molar-refractivity contribution in [1.29, 1.82) is 0 Å². The highest BCUT2D eigenvalue weighted by molar-refractivity contribution is 5.79. The van der Waals surface area contributed by atoms with Crippen molar-refractivity contribution in [3.8, 4) is 0 Å². The van der Waals surface area contributed by atoms with E-state index in [1.165, 1.54) is 4.73 Å². The Balaban J connectivity index is 1.48. The van der Waals surface area contributed by atoms with Gasteiger partial charge in [-0.15, -0.1) is 4.73 Å². The normalized spacial score (nSPS) is 16.7. The molecule has 1 atom stereocenters. The molecule has 1 N–H and O–H groups in total. The van der Waals surface area contributed by atoms with Crippen LogP contribution in [0.3, 0.4) is 0 Å². The summed E-state index contributed by atoms with van der Waals surface area (Å²) in [6.45, 7) is 6.09. The fourth-order valence-electron chi connectivity index (χ4n) is 5.15. The van der Waals surface area contributed by atoms with E-state index in [-0.39, 0.29) is 12.2 Å². The first-order valence-corrected chi connectivity index (χ1v) is 13.8. The second-order valence-electron chi connectivity index (χ2n) is 11.4. The van der Waals surface area contributed by atoms with Crippen molar-refractivity contribution >= 4 is 22.7 Å². The molecule has 0 bridgehead atoms. The number of allylic oxidation sites excluding steroid dienone is 3. The zero-order chi connectivity index (χ0) is 28.9. The second-order valence-corrected chi connectivity index (χ2v) is 11.4. The number of nitrogens with one attached hydrogen (secondary N) is 1. The van der Waals surface area contributed by atoms with Crippen molar-refractivity contribution in [1.82, 2.24) is 15.0 Å². The molecule has 7 heteroatoms. The highest BCUT2D eigenvalue weighted by Gasteiger charge is 2.33. The smallest absolute Gasteiger partial charge is 0.407 e. The molecule has 1 amide bonds. The third-order valence-corrected chi connectivity index (χ3v) is 6.99. The summed E-state index contributed by atoms with van der Waals surface area (Å²) in [6, 6.07) is 25.3. The molecule has 0 saturated carbocycles. The molecule has 0 spiro atoms. The van der Waals surface area contributed by atoms with Crippen LogP contribution in [0, 0.1) is 5.41 Å². The number of carbonyl (C=O) groups is 1. The Bertz CT molecular complexity index is 1640. The van der Waals surface area contributed by atoms with Crippen LogP contribution >= 0.6 is 0 Å². The van der Waals surface area contributed by atoms with Gasteiger partial charge in [-0.25, -0.2) is 9.78 Å². The zero-order valence-corrected chi connectivity index (χ0v) is 23.7. The van der Waals surface area contributed by atoms with Crippen LogP contribution in [0.5, 0.6) is 0 Å². The van der Waals surface area contributed by atoms with E-state index in [0.29, 0.717) is 25.0 Å². The molecule has 1 aliphatic rings. The van der Waals surface area contributed by atoms with Crippen molar-refractivity contribution in [3.05, 3.63) is 130 Å². The number of aromatic nitrogens is 2. The van der Waals surface area contributed by atoms with Crippen LogP contribution in [0.25, 0.3) is 16.6 Å². The minimum absolute atomic E-state index is 0.240. The molecule has 2 aromatic carbocycles. The fraction of sp³-hybridized carbons (Fsp3) is 0.265. The van der Waals surface area contributed by atoms with Crippen molar-refractivity contribution in [3.63, 3.8) is 0 Å². The van der Waals surface area contributed by atoms with Gasteiger partial charge in [-0.1, -0.05) is 78.9 Å². The first kappa shape index (κ1) is 27.9. The molecule has 2 aromatic heterocycles. The van der Waals surface area contributed by atoms with E-state index in [1.807, 2.05) is 87.5 Å². The number of rotatable bonds is 8. The summed E-state index contributed by atoms with van der Waals surface area (Å²) >= 11 is 0. The van der Waals surface area contributed by atoms with Crippen LogP contribution in [0.4, 0.5) is 4.79 Å². The van der Waals surface area contributed by atoms with E-state index < -0.39 is 17.1 Å². The van der Waals surface area contributed by atoms with E-state index in [4.69, 9.17) is 9.57 Å². The maximum atomic E-state index is 13.4. The van der Waals surface area contributed by atoms with Gasteiger partial charge in [0.15, 0.2) is 5.65 Å². The van der Waals surface area contributed by atoms with E-state index >= 15 is 0 Å². The van der Waals surface area contributed by atoms with Crippen LogP contribution in [0.1, 0.15) is 43.9 Å². The highest BCUT2D eigenvalue weighted by Crippen LogP contribution is 2.39. The van der Waals surface area contributed by atoms with E-state index in [0.717, 1.165) is 27.6 Å². The summed E-state index contributed by atoms with van der Waals surface area (Å²) in [4.78, 5) is 36.6. The van der Waals surface area contributed by atoms with E-state index in [2.05, 4.69) is 34.6 Å². The van der Waals surface area contributed by atoms with Crippen LogP contribution in [-0.4, -0.2) is 28.0 Å². The summed E-state index contributed by atoms with van der Waals surface area (Å²) in [5.74, 6) is 0. The molecule has 5 rings (SSSR count). The van der Waals surface area contributed by atoms with Crippen molar-refractivity contribution in [2.45, 2.75) is 45.8 Å². The molecule has 210 valence electrons. The monoisotopic (exact) mass is 549 g/mol. The SMILES string of the molecule is CC(C)(C)OC(=O)NCC1(Cc2cc(=O)n(OCc3ccccc3)c3ncccc23)C=CC=C(c2ccccc2)C1. The van der Waals surface area contributed by atoms with Crippen molar-refractivity contribution in [2.75, 3.05) is 6.54 Å². The number of nitrogens with zero attached hydrogens (tertiary/aromatic N) is 2. The lowest BCUT2D eigenvalue weighted by atomic mass is 9.72. The third-order valence-electron chi connectivity index (χ3n) is 6.99. The summed E-state index contributed by atoms with van der Waals surface area (Å²) in [6.07, 6.45) is 8.61. The quantitative estimate of drug-likeness (QED) is 0.286. The Morgan fingerprint density at radius 3 is 2.49 bits per heavy atom. The van der Waals surface area contributed by atoms with Gasteiger partial charge in [0.25, 0.3) is 5.56 Å². The Labute approximate surface area is 240 Å². The van der Waals surface area contributed by atoms with Crippen LogP contribution < -0.4 is 15.7 Å². The average molecular weight is 550 g/mol. The van der Waals surface area contributed by atoms with Crippen molar-refractivity contribution < 1.29 is 14.4 Å². The first-order valence-electron chi connectivity index (χ1n) is 13.8. The number of ether oxygens (including phenoxy) is 1. The molecule has 4 aromatic rings. The molecule has 0 radical (unpaired) electrons. The minimum atomic E-state index is -0.610. The Morgan fingerprint density at radius 1 is 1.02 bits per heavy atom. The van der Waals surface area contributed by atoms with E-state index in [9.17, 15) is 9.59 Å².